The van der Waals surface area contributed by atoms with Crippen LogP contribution in [-0.4, -0.2) is 28.7 Å². The zero-order valence-electron chi connectivity index (χ0n) is 12.0. The van der Waals surface area contributed by atoms with Crippen LogP contribution in [0.1, 0.15) is 54.0 Å². The molecule has 0 radical (unpaired) electrons. The number of carbonyl (C=O) groups is 2. The van der Waals surface area contributed by atoms with E-state index >= 15 is 0 Å². The molecule has 1 saturated carbocycles. The Morgan fingerprint density at radius 3 is 2.65 bits per heavy atom. The Bertz CT molecular complexity index is 571. The van der Waals surface area contributed by atoms with Crippen LogP contribution in [0.3, 0.4) is 0 Å². The fourth-order valence-corrected chi connectivity index (χ4v) is 2.89. The second kappa shape index (κ2) is 4.65. The van der Waals surface area contributed by atoms with E-state index in [0.717, 1.165) is 24.2 Å². The molecule has 1 aromatic heterocycles. The van der Waals surface area contributed by atoms with Gasteiger partial charge in [0.2, 0.25) is 6.10 Å². The van der Waals surface area contributed by atoms with Gasteiger partial charge in [0.25, 0.3) is 0 Å². The van der Waals surface area contributed by atoms with E-state index in [2.05, 4.69) is 4.57 Å². The van der Waals surface area contributed by atoms with Crippen molar-refractivity contribution in [3.63, 3.8) is 0 Å². The third-order valence-electron chi connectivity index (χ3n) is 3.99. The smallest absolute Gasteiger partial charge is 0.347 e. The molecule has 0 N–H and O–H groups in total. The molecule has 2 fully saturated rings. The molecule has 2 heterocycles. The molecule has 0 bridgehead atoms. The summed E-state index contributed by atoms with van der Waals surface area (Å²) >= 11 is 0. The van der Waals surface area contributed by atoms with E-state index < -0.39 is 18.0 Å². The Morgan fingerprint density at radius 2 is 2.10 bits per heavy atom. The van der Waals surface area contributed by atoms with Crippen molar-refractivity contribution in [2.24, 2.45) is 0 Å². The molecule has 1 aliphatic carbocycles. The summed E-state index contributed by atoms with van der Waals surface area (Å²) in [6, 6.07) is 2.37. The minimum atomic E-state index is -0.763. The van der Waals surface area contributed by atoms with Crippen LogP contribution in [0.4, 0.5) is 0 Å². The summed E-state index contributed by atoms with van der Waals surface area (Å²) < 4.78 is 12.5. The van der Waals surface area contributed by atoms with Crippen molar-refractivity contribution in [2.45, 2.75) is 58.3 Å². The number of nitrogens with zero attached hydrogens (tertiary/aromatic N) is 1. The maximum Gasteiger partial charge on any atom is 0.347 e. The maximum absolute atomic E-state index is 12.2. The predicted molar refractivity (Wildman–Crippen MR) is 71.6 cm³/mol. The summed E-state index contributed by atoms with van der Waals surface area (Å²) in [5, 5.41) is 0. The van der Waals surface area contributed by atoms with Gasteiger partial charge >= 0.3 is 11.9 Å². The number of rotatable bonds is 3. The zero-order chi connectivity index (χ0) is 14.4. The normalized spacial score (nSPS) is 25.6. The molecule has 3 rings (SSSR count). The zero-order valence-corrected chi connectivity index (χ0v) is 12.0. The molecular formula is C15H19NO4. The molecule has 0 aromatic carbocycles. The van der Waals surface area contributed by atoms with Gasteiger partial charge in [0.1, 0.15) is 6.10 Å². The Kier molecular flexibility index (Phi) is 3.07. The third kappa shape index (κ3) is 2.21. The van der Waals surface area contributed by atoms with Gasteiger partial charge in [0.05, 0.1) is 5.56 Å². The highest BCUT2D eigenvalue weighted by molar-refractivity contribution is 5.93. The SMILES string of the molecule is Cc1cc(C(=O)O[C@H]2C[C@H](C)OC2=O)c(C)n1C1CC1. The third-order valence-corrected chi connectivity index (χ3v) is 3.99. The molecule has 5 nitrogen and oxygen atoms in total. The molecule has 2 aliphatic rings. The summed E-state index contributed by atoms with van der Waals surface area (Å²) in [7, 11) is 0. The van der Waals surface area contributed by atoms with Crippen molar-refractivity contribution in [3.05, 3.63) is 23.0 Å². The topological polar surface area (TPSA) is 57.5 Å². The second-order valence-corrected chi connectivity index (χ2v) is 5.76. The number of ether oxygens (including phenoxy) is 2. The second-order valence-electron chi connectivity index (χ2n) is 5.76. The number of hydrogen-bond donors (Lipinski definition) is 0. The quantitative estimate of drug-likeness (QED) is 0.795. The van der Waals surface area contributed by atoms with Crippen LogP contribution < -0.4 is 0 Å². The summed E-state index contributed by atoms with van der Waals surface area (Å²) in [5.74, 6) is -0.872. The molecule has 1 aromatic rings. The van der Waals surface area contributed by atoms with Crippen molar-refractivity contribution in [3.8, 4) is 0 Å². The molecule has 0 spiro atoms. The van der Waals surface area contributed by atoms with Gasteiger partial charge in [-0.15, -0.1) is 0 Å². The fraction of sp³-hybridized carbons (Fsp3) is 0.600. The lowest BCUT2D eigenvalue weighted by Gasteiger charge is -2.09. The first-order valence-corrected chi connectivity index (χ1v) is 7.07. The van der Waals surface area contributed by atoms with E-state index in [-0.39, 0.29) is 6.10 Å². The van der Waals surface area contributed by atoms with E-state index in [1.54, 1.807) is 6.92 Å². The molecule has 5 heteroatoms. The summed E-state index contributed by atoms with van der Waals surface area (Å²) in [4.78, 5) is 23.8. The fourth-order valence-electron chi connectivity index (χ4n) is 2.89. The molecule has 108 valence electrons. The average Bonchev–Trinajstić information content (AvgIpc) is 3.08. The number of esters is 2. The summed E-state index contributed by atoms with van der Waals surface area (Å²) in [5.41, 5.74) is 2.55. The number of cyclic esters (lactones) is 1. The summed E-state index contributed by atoms with van der Waals surface area (Å²) in [6.07, 6.45) is 1.82. The lowest BCUT2D eigenvalue weighted by atomic mass is 10.2. The van der Waals surface area contributed by atoms with Gasteiger partial charge in [-0.25, -0.2) is 9.59 Å². The van der Waals surface area contributed by atoms with Gasteiger partial charge < -0.3 is 14.0 Å². The van der Waals surface area contributed by atoms with E-state index in [0.29, 0.717) is 18.0 Å². The van der Waals surface area contributed by atoms with Crippen molar-refractivity contribution >= 4 is 11.9 Å². The minimum Gasteiger partial charge on any atom is -0.460 e. The van der Waals surface area contributed by atoms with Gasteiger partial charge in [0, 0.05) is 23.9 Å². The average molecular weight is 277 g/mol. The monoisotopic (exact) mass is 277 g/mol. The van der Waals surface area contributed by atoms with Gasteiger partial charge in [-0.05, 0) is 39.7 Å². The van der Waals surface area contributed by atoms with Gasteiger partial charge in [-0.1, -0.05) is 0 Å². The van der Waals surface area contributed by atoms with Crippen molar-refractivity contribution < 1.29 is 19.1 Å². The highest BCUT2D eigenvalue weighted by atomic mass is 16.6. The largest absolute Gasteiger partial charge is 0.460 e. The van der Waals surface area contributed by atoms with Crippen LogP contribution in [-0.2, 0) is 14.3 Å². The highest BCUT2D eigenvalue weighted by Crippen LogP contribution is 2.38. The number of aryl methyl sites for hydroxylation is 1. The van der Waals surface area contributed by atoms with E-state index in [9.17, 15) is 9.59 Å². The molecule has 20 heavy (non-hydrogen) atoms. The maximum atomic E-state index is 12.2. The van der Waals surface area contributed by atoms with Gasteiger partial charge in [0.15, 0.2) is 0 Å². The number of carbonyl (C=O) groups excluding carboxylic acids is 2. The first-order valence-electron chi connectivity index (χ1n) is 7.07. The van der Waals surface area contributed by atoms with Crippen molar-refractivity contribution in [2.75, 3.05) is 0 Å². The van der Waals surface area contributed by atoms with Crippen LogP contribution >= 0.6 is 0 Å². The van der Waals surface area contributed by atoms with Gasteiger partial charge in [-0.2, -0.15) is 0 Å². The minimum absolute atomic E-state index is 0.181. The lowest BCUT2D eigenvalue weighted by molar-refractivity contribution is -0.147. The number of hydrogen-bond acceptors (Lipinski definition) is 4. The van der Waals surface area contributed by atoms with E-state index in [4.69, 9.17) is 9.47 Å². The van der Waals surface area contributed by atoms with E-state index in [1.807, 2.05) is 19.9 Å². The molecule has 0 unspecified atom stereocenters. The molecule has 2 atom stereocenters. The van der Waals surface area contributed by atoms with Crippen LogP contribution in [0, 0.1) is 13.8 Å². The molecule has 0 amide bonds. The Morgan fingerprint density at radius 1 is 1.40 bits per heavy atom. The van der Waals surface area contributed by atoms with Crippen LogP contribution in [0.2, 0.25) is 0 Å². The summed E-state index contributed by atoms with van der Waals surface area (Å²) in [6.45, 7) is 5.72. The standard InChI is InChI=1S/C15H19NO4/c1-8-6-12(10(3)16(8)11-4-5-11)14(17)20-13-7-9(2)19-15(13)18/h6,9,11,13H,4-5,7H2,1-3H3/t9-,13-/m0/s1. The van der Waals surface area contributed by atoms with Crippen molar-refractivity contribution in [1.29, 1.82) is 0 Å². The van der Waals surface area contributed by atoms with Crippen LogP contribution in [0.5, 0.6) is 0 Å². The number of aromatic nitrogens is 1. The molecule has 1 aliphatic heterocycles. The van der Waals surface area contributed by atoms with E-state index in [1.165, 1.54) is 0 Å². The van der Waals surface area contributed by atoms with Crippen molar-refractivity contribution in [1.82, 2.24) is 4.57 Å². The predicted octanol–water partition coefficient (Wildman–Crippen LogP) is 2.30. The lowest BCUT2D eigenvalue weighted by Crippen LogP contribution is -2.23. The van der Waals surface area contributed by atoms with Gasteiger partial charge in [-0.3, -0.25) is 0 Å². The Balaban J connectivity index is 1.77. The van der Waals surface area contributed by atoms with Crippen LogP contribution in [0.25, 0.3) is 0 Å². The first kappa shape index (κ1) is 13.2. The molecule has 1 saturated heterocycles. The first-order chi connectivity index (χ1) is 9.47. The highest BCUT2D eigenvalue weighted by Gasteiger charge is 2.36. The molecular weight excluding hydrogens is 258 g/mol. The Hall–Kier alpha value is -1.78. The van der Waals surface area contributed by atoms with Crippen LogP contribution in [0.15, 0.2) is 6.07 Å². The Labute approximate surface area is 117 Å².